The number of amides is 2. The van der Waals surface area contributed by atoms with Crippen LogP contribution >= 0.6 is 0 Å². The molecule has 0 saturated heterocycles. The molecule has 0 heterocycles. The van der Waals surface area contributed by atoms with Gasteiger partial charge >= 0.3 is 6.18 Å². The van der Waals surface area contributed by atoms with Crippen LogP contribution in [0.4, 0.5) is 18.9 Å². The summed E-state index contributed by atoms with van der Waals surface area (Å²) in [4.78, 5) is 25.1. The van der Waals surface area contributed by atoms with Crippen LogP contribution in [0.15, 0.2) is 78.9 Å². The van der Waals surface area contributed by atoms with Gasteiger partial charge in [-0.25, -0.2) is 0 Å². The Morgan fingerprint density at radius 1 is 0.939 bits per heavy atom. The lowest BCUT2D eigenvalue weighted by molar-refractivity contribution is -0.137. The fraction of sp³-hybridized carbons (Fsp3) is 0.231. The van der Waals surface area contributed by atoms with Crippen molar-refractivity contribution in [3.8, 4) is 0 Å². The van der Waals surface area contributed by atoms with Gasteiger partial charge in [0.25, 0.3) is 5.91 Å². The molecular formula is C26H23F3N2O2. The van der Waals surface area contributed by atoms with Gasteiger partial charge in [0.2, 0.25) is 5.91 Å². The van der Waals surface area contributed by atoms with Crippen LogP contribution in [-0.2, 0) is 11.0 Å². The molecule has 7 heteroatoms. The van der Waals surface area contributed by atoms with Gasteiger partial charge in [0, 0.05) is 17.2 Å². The van der Waals surface area contributed by atoms with Crippen molar-refractivity contribution in [1.29, 1.82) is 0 Å². The number of alkyl halides is 3. The summed E-state index contributed by atoms with van der Waals surface area (Å²) in [6.45, 7) is 1.85. The molecule has 4 rings (SSSR count). The Balaban J connectivity index is 1.35. The first-order valence-electron chi connectivity index (χ1n) is 10.7. The quantitative estimate of drug-likeness (QED) is 0.486. The Hall–Kier alpha value is -3.61. The predicted octanol–water partition coefficient (Wildman–Crippen LogP) is 5.94. The maximum atomic E-state index is 12.7. The van der Waals surface area contributed by atoms with E-state index >= 15 is 0 Å². The highest BCUT2D eigenvalue weighted by Gasteiger charge is 2.44. The molecule has 1 saturated carbocycles. The van der Waals surface area contributed by atoms with Gasteiger partial charge in [0.05, 0.1) is 11.6 Å². The average molecular weight is 452 g/mol. The molecule has 2 amide bonds. The molecule has 0 aliphatic heterocycles. The second-order valence-electron chi connectivity index (χ2n) is 8.24. The molecular weight excluding hydrogens is 429 g/mol. The van der Waals surface area contributed by atoms with Gasteiger partial charge < -0.3 is 10.6 Å². The van der Waals surface area contributed by atoms with Crippen LogP contribution in [0.3, 0.4) is 0 Å². The largest absolute Gasteiger partial charge is 0.416 e. The van der Waals surface area contributed by atoms with Crippen molar-refractivity contribution >= 4 is 17.5 Å². The minimum absolute atomic E-state index is 0.0732. The Labute approximate surface area is 189 Å². The second-order valence-corrected chi connectivity index (χ2v) is 8.24. The number of nitrogens with one attached hydrogen (secondary N) is 2. The zero-order valence-electron chi connectivity index (χ0n) is 17.9. The highest BCUT2D eigenvalue weighted by Crippen LogP contribution is 2.48. The summed E-state index contributed by atoms with van der Waals surface area (Å²) in [5, 5.41) is 5.83. The van der Waals surface area contributed by atoms with E-state index in [1.807, 2.05) is 25.1 Å². The zero-order valence-corrected chi connectivity index (χ0v) is 17.9. The predicted molar refractivity (Wildman–Crippen MR) is 120 cm³/mol. The standard InChI is InChI=1S/C26H23F3N2O2/c1-16(19-8-5-9-21(14-19)31-24(32)18-6-3-2-4-7-18)30-25(33)23-15-22(23)17-10-12-20(13-11-17)26(27,28)29/h2-14,16,22-23H,15H2,1H3,(H,30,33)(H,31,32). The highest BCUT2D eigenvalue weighted by atomic mass is 19.4. The summed E-state index contributed by atoms with van der Waals surface area (Å²) in [6, 6.07) is 20.8. The van der Waals surface area contributed by atoms with Crippen molar-refractivity contribution in [2.24, 2.45) is 5.92 Å². The molecule has 4 nitrogen and oxygen atoms in total. The van der Waals surface area contributed by atoms with Gasteiger partial charge in [-0.3, -0.25) is 9.59 Å². The monoisotopic (exact) mass is 452 g/mol. The third kappa shape index (κ3) is 5.42. The third-order valence-electron chi connectivity index (χ3n) is 5.83. The molecule has 1 aliphatic carbocycles. The van der Waals surface area contributed by atoms with E-state index in [4.69, 9.17) is 0 Å². The van der Waals surface area contributed by atoms with Crippen molar-refractivity contribution in [2.75, 3.05) is 5.32 Å². The molecule has 0 aromatic heterocycles. The van der Waals surface area contributed by atoms with Crippen molar-refractivity contribution in [3.05, 3.63) is 101 Å². The number of carbonyl (C=O) groups is 2. The van der Waals surface area contributed by atoms with E-state index in [-0.39, 0.29) is 29.7 Å². The number of rotatable bonds is 6. The molecule has 1 fully saturated rings. The van der Waals surface area contributed by atoms with E-state index < -0.39 is 11.7 Å². The molecule has 33 heavy (non-hydrogen) atoms. The van der Waals surface area contributed by atoms with Crippen LogP contribution in [0.2, 0.25) is 0 Å². The summed E-state index contributed by atoms with van der Waals surface area (Å²) in [5.41, 5.74) is 2.05. The molecule has 2 N–H and O–H groups in total. The smallest absolute Gasteiger partial charge is 0.349 e. The Kier molecular flexibility index (Phi) is 6.22. The highest BCUT2D eigenvalue weighted by molar-refractivity contribution is 6.04. The summed E-state index contributed by atoms with van der Waals surface area (Å²) in [5.74, 6) is -0.686. The minimum atomic E-state index is -4.37. The van der Waals surface area contributed by atoms with Crippen LogP contribution in [-0.4, -0.2) is 11.8 Å². The van der Waals surface area contributed by atoms with Crippen molar-refractivity contribution in [1.82, 2.24) is 5.32 Å². The van der Waals surface area contributed by atoms with Crippen molar-refractivity contribution < 1.29 is 22.8 Å². The van der Waals surface area contributed by atoms with Gasteiger partial charge in [-0.05, 0) is 66.8 Å². The minimum Gasteiger partial charge on any atom is -0.349 e. The first-order chi connectivity index (χ1) is 15.7. The summed E-state index contributed by atoms with van der Waals surface area (Å²) in [7, 11) is 0. The topological polar surface area (TPSA) is 58.2 Å². The molecule has 0 bridgehead atoms. The average Bonchev–Trinajstić information content (AvgIpc) is 3.60. The SMILES string of the molecule is CC(NC(=O)C1CC1c1ccc(C(F)(F)F)cc1)c1cccc(NC(=O)c2ccccc2)c1. The van der Waals surface area contributed by atoms with E-state index in [1.54, 1.807) is 36.4 Å². The molecule has 0 spiro atoms. The Morgan fingerprint density at radius 2 is 1.64 bits per heavy atom. The van der Waals surface area contributed by atoms with Crippen LogP contribution in [0, 0.1) is 5.92 Å². The van der Waals surface area contributed by atoms with E-state index in [1.165, 1.54) is 12.1 Å². The molecule has 1 aliphatic rings. The maximum Gasteiger partial charge on any atom is 0.416 e. The Morgan fingerprint density at radius 3 is 2.30 bits per heavy atom. The number of benzene rings is 3. The zero-order chi connectivity index (χ0) is 23.6. The first kappa shape index (κ1) is 22.6. The lowest BCUT2D eigenvalue weighted by Crippen LogP contribution is -2.28. The van der Waals surface area contributed by atoms with E-state index in [0.29, 0.717) is 17.7 Å². The second kappa shape index (κ2) is 9.10. The lowest BCUT2D eigenvalue weighted by Gasteiger charge is -2.16. The number of halogens is 3. The van der Waals surface area contributed by atoms with E-state index in [2.05, 4.69) is 10.6 Å². The fourth-order valence-corrected chi connectivity index (χ4v) is 3.85. The van der Waals surface area contributed by atoms with Crippen LogP contribution < -0.4 is 10.6 Å². The molecule has 3 atom stereocenters. The molecule has 170 valence electrons. The lowest BCUT2D eigenvalue weighted by atomic mass is 10.0. The fourth-order valence-electron chi connectivity index (χ4n) is 3.85. The van der Waals surface area contributed by atoms with E-state index in [9.17, 15) is 22.8 Å². The molecule has 3 unspecified atom stereocenters. The maximum absolute atomic E-state index is 12.7. The van der Waals surface area contributed by atoms with Gasteiger partial charge in [-0.1, -0.05) is 42.5 Å². The van der Waals surface area contributed by atoms with Gasteiger partial charge in [-0.2, -0.15) is 13.2 Å². The van der Waals surface area contributed by atoms with Gasteiger partial charge in [-0.15, -0.1) is 0 Å². The van der Waals surface area contributed by atoms with Crippen molar-refractivity contribution in [3.63, 3.8) is 0 Å². The number of hydrogen-bond donors (Lipinski definition) is 2. The number of hydrogen-bond acceptors (Lipinski definition) is 2. The summed E-state index contributed by atoms with van der Waals surface area (Å²) in [6.07, 6.45) is -3.76. The van der Waals surface area contributed by atoms with Crippen LogP contribution in [0.5, 0.6) is 0 Å². The first-order valence-corrected chi connectivity index (χ1v) is 10.7. The summed E-state index contributed by atoms with van der Waals surface area (Å²) >= 11 is 0. The molecule has 0 radical (unpaired) electrons. The van der Waals surface area contributed by atoms with Gasteiger partial charge in [0.15, 0.2) is 0 Å². The number of anilines is 1. The van der Waals surface area contributed by atoms with Crippen molar-refractivity contribution in [2.45, 2.75) is 31.5 Å². The van der Waals surface area contributed by atoms with E-state index in [0.717, 1.165) is 23.3 Å². The summed E-state index contributed by atoms with van der Waals surface area (Å²) < 4.78 is 38.2. The third-order valence-corrected chi connectivity index (χ3v) is 5.83. The normalized spacial score (nSPS) is 18.3. The molecule has 3 aromatic carbocycles. The van der Waals surface area contributed by atoms with Gasteiger partial charge in [0.1, 0.15) is 0 Å². The Bertz CT molecular complexity index is 1140. The van der Waals surface area contributed by atoms with Crippen LogP contribution in [0.25, 0.3) is 0 Å². The van der Waals surface area contributed by atoms with Crippen LogP contribution in [0.1, 0.15) is 52.4 Å². The molecule has 3 aromatic rings. The number of carbonyl (C=O) groups excluding carboxylic acids is 2.